The summed E-state index contributed by atoms with van der Waals surface area (Å²) in [5.74, 6) is -0.0547. The van der Waals surface area contributed by atoms with Crippen LogP contribution in [0.2, 0.25) is 0 Å². The van der Waals surface area contributed by atoms with Crippen molar-refractivity contribution in [1.82, 2.24) is 4.98 Å². The van der Waals surface area contributed by atoms with Crippen LogP contribution in [-0.2, 0) is 11.2 Å². The van der Waals surface area contributed by atoms with Crippen molar-refractivity contribution < 1.29 is 14.6 Å². The molecule has 0 amide bonds. The zero-order valence-electron chi connectivity index (χ0n) is 14.1. The molecule has 1 heterocycles. The van der Waals surface area contributed by atoms with E-state index in [1.807, 2.05) is 45.0 Å². The number of nitrogens with one attached hydrogen (secondary N) is 1. The predicted octanol–water partition coefficient (Wildman–Crippen LogP) is 4.48. The van der Waals surface area contributed by atoms with Crippen molar-refractivity contribution in [3.63, 3.8) is 0 Å². The SMILES string of the molecule is CCOc1cccc(-c2[nH]c3cc(C)cc(C)c3c2CC(=O)O)c1. The van der Waals surface area contributed by atoms with Gasteiger partial charge in [0.1, 0.15) is 5.75 Å². The maximum Gasteiger partial charge on any atom is 0.307 e. The van der Waals surface area contributed by atoms with E-state index in [2.05, 4.69) is 17.1 Å². The highest BCUT2D eigenvalue weighted by molar-refractivity contribution is 5.96. The lowest BCUT2D eigenvalue weighted by Gasteiger charge is -2.07. The van der Waals surface area contributed by atoms with E-state index in [9.17, 15) is 9.90 Å². The first-order valence-electron chi connectivity index (χ1n) is 8.06. The monoisotopic (exact) mass is 323 g/mol. The van der Waals surface area contributed by atoms with Crippen molar-refractivity contribution in [2.45, 2.75) is 27.2 Å². The number of ether oxygens (including phenoxy) is 1. The van der Waals surface area contributed by atoms with E-state index < -0.39 is 5.97 Å². The number of carbonyl (C=O) groups is 1. The van der Waals surface area contributed by atoms with Crippen molar-refractivity contribution in [1.29, 1.82) is 0 Å². The van der Waals surface area contributed by atoms with Gasteiger partial charge in [-0.25, -0.2) is 0 Å². The molecule has 0 atom stereocenters. The van der Waals surface area contributed by atoms with Gasteiger partial charge in [-0.15, -0.1) is 0 Å². The second-order valence-electron chi connectivity index (χ2n) is 6.01. The number of H-pyrrole nitrogens is 1. The highest BCUT2D eigenvalue weighted by Gasteiger charge is 2.18. The lowest BCUT2D eigenvalue weighted by atomic mass is 9.99. The van der Waals surface area contributed by atoms with E-state index in [4.69, 9.17) is 4.74 Å². The van der Waals surface area contributed by atoms with Crippen molar-refractivity contribution in [3.8, 4) is 17.0 Å². The van der Waals surface area contributed by atoms with Crippen LogP contribution in [0.25, 0.3) is 22.2 Å². The van der Waals surface area contributed by atoms with Gasteiger partial charge in [-0.2, -0.15) is 0 Å². The van der Waals surface area contributed by atoms with Crippen molar-refractivity contribution in [3.05, 3.63) is 53.1 Å². The number of aromatic amines is 1. The molecule has 0 spiro atoms. The molecule has 0 bridgehead atoms. The molecule has 0 unspecified atom stereocenters. The number of carboxylic acids is 1. The highest BCUT2D eigenvalue weighted by Crippen LogP contribution is 2.34. The smallest absolute Gasteiger partial charge is 0.307 e. The first kappa shape index (κ1) is 16.1. The number of aryl methyl sites for hydroxylation is 2. The topological polar surface area (TPSA) is 62.3 Å². The van der Waals surface area contributed by atoms with E-state index >= 15 is 0 Å². The molecule has 0 aliphatic carbocycles. The average Bonchev–Trinajstić information content (AvgIpc) is 2.85. The summed E-state index contributed by atoms with van der Waals surface area (Å²) in [6.45, 7) is 6.60. The third-order valence-electron chi connectivity index (χ3n) is 4.10. The Bertz CT molecular complexity index is 909. The molecule has 4 nitrogen and oxygen atoms in total. The van der Waals surface area contributed by atoms with Crippen molar-refractivity contribution >= 4 is 16.9 Å². The second-order valence-corrected chi connectivity index (χ2v) is 6.01. The fourth-order valence-electron chi connectivity index (χ4n) is 3.28. The third kappa shape index (κ3) is 3.00. The molecule has 0 radical (unpaired) electrons. The number of hydrogen-bond donors (Lipinski definition) is 2. The molecule has 2 aromatic carbocycles. The van der Waals surface area contributed by atoms with Crippen LogP contribution in [0, 0.1) is 13.8 Å². The van der Waals surface area contributed by atoms with E-state index in [0.717, 1.165) is 44.6 Å². The maximum atomic E-state index is 11.4. The van der Waals surface area contributed by atoms with Crippen LogP contribution in [0.4, 0.5) is 0 Å². The molecule has 0 aliphatic rings. The van der Waals surface area contributed by atoms with Gasteiger partial charge in [0.05, 0.1) is 18.7 Å². The van der Waals surface area contributed by atoms with Crippen LogP contribution >= 0.6 is 0 Å². The minimum Gasteiger partial charge on any atom is -0.494 e. The Labute approximate surface area is 141 Å². The van der Waals surface area contributed by atoms with Crippen LogP contribution in [0.1, 0.15) is 23.6 Å². The van der Waals surface area contributed by atoms with Crippen molar-refractivity contribution in [2.75, 3.05) is 6.61 Å². The summed E-state index contributed by atoms with van der Waals surface area (Å²) in [5.41, 5.74) is 5.82. The second kappa shape index (κ2) is 6.40. The van der Waals surface area contributed by atoms with E-state index in [1.54, 1.807) is 0 Å². The number of aliphatic carboxylic acids is 1. The van der Waals surface area contributed by atoms with Crippen LogP contribution in [0.15, 0.2) is 36.4 Å². The van der Waals surface area contributed by atoms with Gasteiger partial charge in [0.15, 0.2) is 0 Å². The van der Waals surface area contributed by atoms with Gasteiger partial charge in [0, 0.05) is 16.5 Å². The summed E-state index contributed by atoms with van der Waals surface area (Å²) >= 11 is 0. The van der Waals surface area contributed by atoms with E-state index in [1.165, 1.54) is 0 Å². The van der Waals surface area contributed by atoms with Crippen LogP contribution in [-0.4, -0.2) is 22.7 Å². The largest absolute Gasteiger partial charge is 0.494 e. The lowest BCUT2D eigenvalue weighted by Crippen LogP contribution is -2.01. The summed E-state index contributed by atoms with van der Waals surface area (Å²) in [6.07, 6.45) is -0.0158. The molecule has 24 heavy (non-hydrogen) atoms. The first-order valence-corrected chi connectivity index (χ1v) is 8.06. The Hall–Kier alpha value is -2.75. The molecular formula is C20H21NO3. The normalized spacial score (nSPS) is 11.0. The minimum atomic E-state index is -0.835. The van der Waals surface area contributed by atoms with Gasteiger partial charge in [-0.3, -0.25) is 4.79 Å². The summed E-state index contributed by atoms with van der Waals surface area (Å²) in [4.78, 5) is 14.8. The first-order chi connectivity index (χ1) is 11.5. The standard InChI is InChI=1S/C20H21NO3/c1-4-24-15-7-5-6-14(10-15)20-16(11-18(22)23)19-13(3)8-12(2)9-17(19)21-20/h5-10,21H,4,11H2,1-3H3,(H,22,23). The molecule has 0 fully saturated rings. The number of hydrogen-bond acceptors (Lipinski definition) is 2. The fraction of sp³-hybridized carbons (Fsp3) is 0.250. The number of fused-ring (bicyclic) bond motifs is 1. The van der Waals surface area contributed by atoms with E-state index in [-0.39, 0.29) is 6.42 Å². The molecule has 0 aliphatic heterocycles. The fourth-order valence-corrected chi connectivity index (χ4v) is 3.28. The van der Waals surface area contributed by atoms with Crippen LogP contribution in [0.5, 0.6) is 5.75 Å². The third-order valence-corrected chi connectivity index (χ3v) is 4.10. The molecule has 4 heteroatoms. The molecule has 3 rings (SSSR count). The molecular weight excluding hydrogens is 302 g/mol. The van der Waals surface area contributed by atoms with Gasteiger partial charge in [-0.05, 0) is 55.7 Å². The van der Waals surface area contributed by atoms with Crippen LogP contribution < -0.4 is 4.74 Å². The molecule has 124 valence electrons. The summed E-state index contributed by atoms with van der Waals surface area (Å²) in [6, 6.07) is 11.9. The summed E-state index contributed by atoms with van der Waals surface area (Å²) in [7, 11) is 0. The zero-order valence-corrected chi connectivity index (χ0v) is 14.1. The van der Waals surface area contributed by atoms with Gasteiger partial charge >= 0.3 is 5.97 Å². The minimum absolute atomic E-state index is 0.0158. The van der Waals surface area contributed by atoms with Gasteiger partial charge in [-0.1, -0.05) is 18.2 Å². The highest BCUT2D eigenvalue weighted by atomic mass is 16.5. The quantitative estimate of drug-likeness (QED) is 0.728. The van der Waals surface area contributed by atoms with Crippen LogP contribution in [0.3, 0.4) is 0 Å². The molecule has 3 aromatic rings. The van der Waals surface area contributed by atoms with Gasteiger partial charge in [0.2, 0.25) is 0 Å². The molecule has 1 aromatic heterocycles. The zero-order chi connectivity index (χ0) is 17.3. The van der Waals surface area contributed by atoms with Gasteiger partial charge < -0.3 is 14.8 Å². The Morgan fingerprint density at radius 3 is 2.71 bits per heavy atom. The summed E-state index contributed by atoms with van der Waals surface area (Å²) in [5, 5.41) is 10.4. The number of rotatable bonds is 5. The molecule has 2 N–H and O–H groups in total. The Morgan fingerprint density at radius 1 is 1.21 bits per heavy atom. The number of carboxylic acid groups (broad SMARTS) is 1. The Morgan fingerprint density at radius 2 is 2.00 bits per heavy atom. The maximum absolute atomic E-state index is 11.4. The summed E-state index contributed by atoms with van der Waals surface area (Å²) < 4.78 is 5.58. The van der Waals surface area contributed by atoms with Gasteiger partial charge in [0.25, 0.3) is 0 Å². The molecule has 0 saturated carbocycles. The molecule has 0 saturated heterocycles. The van der Waals surface area contributed by atoms with E-state index in [0.29, 0.717) is 6.61 Å². The number of aromatic nitrogens is 1. The Balaban J connectivity index is 2.24. The van der Waals surface area contributed by atoms with Crippen molar-refractivity contribution in [2.24, 2.45) is 0 Å². The average molecular weight is 323 g/mol. The number of benzene rings is 2. The lowest BCUT2D eigenvalue weighted by molar-refractivity contribution is -0.136. The Kier molecular flexibility index (Phi) is 4.30. The predicted molar refractivity (Wildman–Crippen MR) is 95.7 cm³/mol.